The van der Waals surface area contributed by atoms with E-state index >= 15 is 0 Å². The van der Waals surface area contributed by atoms with Crippen LogP contribution < -0.4 is 27.4 Å². The first-order valence-corrected chi connectivity index (χ1v) is 12.6. The van der Waals surface area contributed by atoms with Crippen LogP contribution in [-0.2, 0) is 48.0 Å². The van der Waals surface area contributed by atoms with Gasteiger partial charge in [-0.2, -0.15) is 0 Å². The third-order valence-electron chi connectivity index (χ3n) is 6.91. The molecule has 0 radical (unpaired) electrons. The van der Waals surface area contributed by atoms with Gasteiger partial charge in [0.15, 0.2) is 18.0 Å². The fourth-order valence-electron chi connectivity index (χ4n) is 4.83. The molecule has 2 aliphatic rings. The van der Waals surface area contributed by atoms with Gasteiger partial charge in [-0.05, 0) is 41.5 Å². The highest BCUT2D eigenvalue weighted by Gasteiger charge is 2.51. The molecule has 1 aliphatic carbocycles. The number of aromatic hydroxyl groups is 1. The number of nitro benzene ring substituents is 1. The Hall–Kier alpha value is -5.05. The van der Waals surface area contributed by atoms with Crippen molar-refractivity contribution in [2.45, 2.75) is 43.6 Å². The first-order valence-electron chi connectivity index (χ1n) is 12.6. The Morgan fingerprint density at radius 3 is 2.22 bits per heavy atom. The number of primary amides is 2. The predicted molar refractivity (Wildman–Crippen MR) is 140 cm³/mol. The molecule has 1 heterocycles. The van der Waals surface area contributed by atoms with Gasteiger partial charge in [0.25, 0.3) is 11.8 Å². The number of phenolic OH excluding ortho intramolecular Hbond substituents is 1. The van der Waals surface area contributed by atoms with Gasteiger partial charge in [0.1, 0.15) is 12.1 Å². The van der Waals surface area contributed by atoms with Crippen LogP contribution in [0.15, 0.2) is 42.5 Å². The van der Waals surface area contributed by atoms with Gasteiger partial charge in [0, 0.05) is 12.5 Å². The zero-order valence-electron chi connectivity index (χ0n) is 21.6. The van der Waals surface area contributed by atoms with Crippen molar-refractivity contribution in [1.82, 2.24) is 16.0 Å². The summed E-state index contributed by atoms with van der Waals surface area (Å²) >= 11 is 0. The van der Waals surface area contributed by atoms with Crippen LogP contribution in [0.1, 0.15) is 16.7 Å². The van der Waals surface area contributed by atoms with Crippen LogP contribution in [0.3, 0.4) is 0 Å². The van der Waals surface area contributed by atoms with E-state index < -0.39 is 76.7 Å². The van der Waals surface area contributed by atoms with Crippen molar-refractivity contribution in [3.8, 4) is 5.75 Å². The molecule has 1 fully saturated rings. The van der Waals surface area contributed by atoms with Gasteiger partial charge in [0.05, 0.1) is 11.5 Å². The zero-order chi connectivity index (χ0) is 29.8. The van der Waals surface area contributed by atoms with Gasteiger partial charge in [0.2, 0.25) is 17.7 Å². The summed E-state index contributed by atoms with van der Waals surface area (Å²) in [6.45, 7) is -0.461. The van der Waals surface area contributed by atoms with Crippen molar-refractivity contribution >= 4 is 35.2 Å². The molecule has 41 heavy (non-hydrogen) atoms. The Labute approximate surface area is 232 Å². The number of benzene rings is 2. The second kappa shape index (κ2) is 12.0. The molecule has 4 atom stereocenters. The minimum Gasteiger partial charge on any atom is -0.502 e. The number of nitro groups is 1. The lowest BCUT2D eigenvalue weighted by Gasteiger charge is -2.25. The van der Waals surface area contributed by atoms with Crippen molar-refractivity contribution < 1.29 is 38.7 Å². The van der Waals surface area contributed by atoms with Crippen LogP contribution in [-0.4, -0.2) is 70.4 Å². The molecule has 0 bridgehead atoms. The highest BCUT2D eigenvalue weighted by atomic mass is 16.6. The molecule has 1 aliphatic heterocycles. The highest BCUT2D eigenvalue weighted by Crippen LogP contribution is 2.30. The molecule has 2 aromatic carbocycles. The van der Waals surface area contributed by atoms with Gasteiger partial charge in [-0.3, -0.25) is 34.1 Å². The molecular formula is C26H28N6O9. The quantitative estimate of drug-likeness (QED) is 0.0947. The Morgan fingerprint density at radius 2 is 1.63 bits per heavy atom. The van der Waals surface area contributed by atoms with E-state index in [0.717, 1.165) is 23.3 Å². The number of epoxide rings is 1. The number of nitrogens with two attached hydrogens (primary N) is 2. The smallest absolute Gasteiger partial charge is 0.310 e. The SMILES string of the molecule is NC(=O)CNC(=O)[C@@H]1O[C@H]1C(=O)N[C@H](Cc1ccc(O)c([N+](=O)[O-])c1)C(=O)N[C@@H](C(N)=O)C1Cc2ccccc2C1. The summed E-state index contributed by atoms with van der Waals surface area (Å²) < 4.78 is 5.10. The number of rotatable bonds is 12. The summed E-state index contributed by atoms with van der Waals surface area (Å²) in [5.41, 5.74) is 12.3. The van der Waals surface area contributed by atoms with Crippen LogP contribution in [0, 0.1) is 16.0 Å². The largest absolute Gasteiger partial charge is 0.502 e. The molecule has 5 amide bonds. The maximum Gasteiger partial charge on any atom is 0.310 e. The first-order chi connectivity index (χ1) is 19.4. The molecule has 0 aromatic heterocycles. The maximum absolute atomic E-state index is 13.5. The topological polar surface area (TPSA) is 249 Å². The molecule has 0 saturated carbocycles. The third-order valence-corrected chi connectivity index (χ3v) is 6.91. The fraction of sp³-hybridized carbons (Fsp3) is 0.346. The van der Waals surface area contributed by atoms with Crippen LogP contribution in [0.5, 0.6) is 5.75 Å². The number of nitrogens with one attached hydrogen (secondary N) is 3. The average Bonchev–Trinajstić information content (AvgIpc) is 3.62. The fourth-order valence-corrected chi connectivity index (χ4v) is 4.83. The lowest BCUT2D eigenvalue weighted by Crippen LogP contribution is -2.56. The number of hydrogen-bond acceptors (Lipinski definition) is 9. The van der Waals surface area contributed by atoms with Crippen LogP contribution >= 0.6 is 0 Å². The van der Waals surface area contributed by atoms with E-state index in [1.165, 1.54) is 6.07 Å². The van der Waals surface area contributed by atoms with Crippen molar-refractivity contribution in [3.05, 3.63) is 69.3 Å². The number of nitrogens with zero attached hydrogens (tertiary/aromatic N) is 1. The summed E-state index contributed by atoms with van der Waals surface area (Å²) in [5.74, 6) is -4.91. The summed E-state index contributed by atoms with van der Waals surface area (Å²) in [4.78, 5) is 72.2. The molecule has 216 valence electrons. The molecule has 15 heteroatoms. The highest BCUT2D eigenvalue weighted by molar-refractivity contribution is 5.98. The Balaban J connectivity index is 1.51. The van der Waals surface area contributed by atoms with Crippen molar-refractivity contribution in [2.75, 3.05) is 6.54 Å². The van der Waals surface area contributed by atoms with E-state index in [4.69, 9.17) is 16.2 Å². The number of fused-ring (bicyclic) bond motifs is 1. The molecular weight excluding hydrogens is 540 g/mol. The lowest BCUT2D eigenvalue weighted by molar-refractivity contribution is -0.385. The number of amides is 5. The Bertz CT molecular complexity index is 1390. The molecule has 2 aromatic rings. The van der Waals surface area contributed by atoms with Gasteiger partial charge < -0.3 is 37.3 Å². The summed E-state index contributed by atoms with van der Waals surface area (Å²) in [6, 6.07) is 8.56. The molecule has 4 rings (SSSR count). The minimum absolute atomic E-state index is 0.214. The number of phenols is 1. The second-order valence-electron chi connectivity index (χ2n) is 9.83. The van der Waals surface area contributed by atoms with Crippen molar-refractivity contribution in [2.24, 2.45) is 17.4 Å². The standard InChI is InChI=1S/C26H28N6O9/c27-19(34)11-29-25(37)21-22(41-21)26(38)30-16(7-12-5-6-18(33)17(8-12)32(39)40)24(36)31-20(23(28)35)15-9-13-3-1-2-4-14(13)10-15/h1-6,8,15-16,20-22,33H,7,9-11H2,(H2,27,34)(H2,28,35)(H,29,37)(H,30,38)(H,31,36)/t16-,20-,21-,22-/m1/s1. The molecule has 0 unspecified atom stereocenters. The molecule has 8 N–H and O–H groups in total. The molecule has 15 nitrogen and oxygen atoms in total. The number of ether oxygens (including phenoxy) is 1. The predicted octanol–water partition coefficient (Wildman–Crippen LogP) is -1.92. The average molecular weight is 569 g/mol. The van der Waals surface area contributed by atoms with E-state index in [1.54, 1.807) is 0 Å². The Morgan fingerprint density at radius 1 is 1.00 bits per heavy atom. The lowest BCUT2D eigenvalue weighted by atomic mass is 9.95. The number of hydrogen-bond donors (Lipinski definition) is 6. The Kier molecular flexibility index (Phi) is 8.47. The number of carbonyl (C=O) groups is 5. The zero-order valence-corrected chi connectivity index (χ0v) is 21.6. The summed E-state index contributed by atoms with van der Waals surface area (Å²) in [6.07, 6.45) is -1.79. The summed E-state index contributed by atoms with van der Waals surface area (Å²) in [5, 5.41) is 28.4. The van der Waals surface area contributed by atoms with Crippen LogP contribution in [0.25, 0.3) is 0 Å². The normalized spacial score (nSPS) is 18.8. The monoisotopic (exact) mass is 568 g/mol. The first kappa shape index (κ1) is 28.9. The van der Waals surface area contributed by atoms with Crippen molar-refractivity contribution in [1.29, 1.82) is 0 Å². The third kappa shape index (κ3) is 6.94. The molecule has 0 spiro atoms. The van der Waals surface area contributed by atoms with E-state index in [-0.39, 0.29) is 17.9 Å². The van der Waals surface area contributed by atoms with Gasteiger partial charge in [-0.1, -0.05) is 30.3 Å². The van der Waals surface area contributed by atoms with E-state index in [9.17, 15) is 39.2 Å². The second-order valence-corrected chi connectivity index (χ2v) is 9.83. The van der Waals surface area contributed by atoms with E-state index in [2.05, 4.69) is 16.0 Å². The van der Waals surface area contributed by atoms with Gasteiger partial charge in [-0.25, -0.2) is 0 Å². The van der Waals surface area contributed by atoms with Crippen LogP contribution in [0.2, 0.25) is 0 Å². The van der Waals surface area contributed by atoms with Crippen molar-refractivity contribution in [3.63, 3.8) is 0 Å². The van der Waals surface area contributed by atoms with E-state index in [1.807, 2.05) is 24.3 Å². The van der Waals surface area contributed by atoms with Crippen LogP contribution in [0.4, 0.5) is 5.69 Å². The minimum atomic E-state index is -1.38. The summed E-state index contributed by atoms with van der Waals surface area (Å²) in [7, 11) is 0. The van der Waals surface area contributed by atoms with Gasteiger partial charge >= 0.3 is 5.69 Å². The number of carbonyl (C=O) groups excluding carboxylic acids is 5. The molecule has 1 saturated heterocycles. The maximum atomic E-state index is 13.5. The van der Waals surface area contributed by atoms with E-state index in [0.29, 0.717) is 12.8 Å². The van der Waals surface area contributed by atoms with Gasteiger partial charge in [-0.15, -0.1) is 0 Å².